The third-order valence-corrected chi connectivity index (χ3v) is 1.99. The molecule has 9 heteroatoms. The standard InChI is InChI=1S/C9H9N5O4/c10-3-5-6(11)1-2-7(9(5)14(16)17)18-4-8(15)13-12/h1-2H,4,11-12H2,(H,13,15). The number of amides is 1. The molecular weight excluding hydrogens is 242 g/mol. The maximum atomic E-state index is 10.9. The number of rotatable bonds is 4. The number of carbonyl (C=O) groups is 1. The van der Waals surface area contributed by atoms with Gasteiger partial charge in [-0.2, -0.15) is 5.26 Å². The number of hydrazine groups is 1. The first-order valence-corrected chi connectivity index (χ1v) is 4.60. The van der Waals surface area contributed by atoms with Gasteiger partial charge in [0.2, 0.25) is 0 Å². The minimum absolute atomic E-state index is 0.0418. The van der Waals surface area contributed by atoms with E-state index in [1.54, 1.807) is 11.5 Å². The summed E-state index contributed by atoms with van der Waals surface area (Å²) in [7, 11) is 0. The Hall–Kier alpha value is -2.86. The van der Waals surface area contributed by atoms with Gasteiger partial charge in [0.15, 0.2) is 17.9 Å². The lowest BCUT2D eigenvalue weighted by molar-refractivity contribution is -0.386. The lowest BCUT2D eigenvalue weighted by atomic mass is 10.1. The Morgan fingerprint density at radius 1 is 1.61 bits per heavy atom. The Kier molecular flexibility index (Phi) is 4.01. The number of hydrogen-bond donors (Lipinski definition) is 3. The number of nitrogen functional groups attached to an aromatic ring is 1. The molecule has 0 aliphatic carbocycles. The van der Waals surface area contributed by atoms with Crippen molar-refractivity contribution in [3.05, 3.63) is 27.8 Å². The van der Waals surface area contributed by atoms with Crippen LogP contribution in [0.1, 0.15) is 5.56 Å². The average molecular weight is 251 g/mol. The second-order valence-corrected chi connectivity index (χ2v) is 3.10. The van der Waals surface area contributed by atoms with Gasteiger partial charge in [-0.25, -0.2) is 5.84 Å². The Morgan fingerprint density at radius 3 is 2.78 bits per heavy atom. The van der Waals surface area contributed by atoms with Crippen LogP contribution in [0.15, 0.2) is 12.1 Å². The van der Waals surface area contributed by atoms with Crippen molar-refractivity contribution in [2.75, 3.05) is 12.3 Å². The zero-order valence-corrected chi connectivity index (χ0v) is 9.04. The molecule has 0 aliphatic rings. The van der Waals surface area contributed by atoms with Crippen molar-refractivity contribution in [1.82, 2.24) is 5.43 Å². The van der Waals surface area contributed by atoms with E-state index in [4.69, 9.17) is 21.6 Å². The van der Waals surface area contributed by atoms with Gasteiger partial charge in [-0.05, 0) is 12.1 Å². The summed E-state index contributed by atoms with van der Waals surface area (Å²) in [5.41, 5.74) is 6.30. The molecule has 0 bridgehead atoms. The number of nitrogens with zero attached hydrogens (tertiary/aromatic N) is 2. The number of ether oxygens (including phenoxy) is 1. The average Bonchev–Trinajstić information content (AvgIpc) is 2.35. The monoisotopic (exact) mass is 251 g/mol. The van der Waals surface area contributed by atoms with Gasteiger partial charge in [0.1, 0.15) is 6.07 Å². The predicted molar refractivity (Wildman–Crippen MR) is 60.0 cm³/mol. The van der Waals surface area contributed by atoms with Crippen LogP contribution < -0.4 is 21.7 Å². The van der Waals surface area contributed by atoms with Gasteiger partial charge in [0.25, 0.3) is 5.91 Å². The molecule has 0 saturated heterocycles. The fourth-order valence-corrected chi connectivity index (χ4v) is 1.19. The molecule has 1 aromatic rings. The van der Waals surface area contributed by atoms with Gasteiger partial charge in [-0.1, -0.05) is 0 Å². The van der Waals surface area contributed by atoms with Crippen LogP contribution in [-0.2, 0) is 4.79 Å². The number of nitrogens with one attached hydrogen (secondary N) is 1. The fourth-order valence-electron chi connectivity index (χ4n) is 1.19. The van der Waals surface area contributed by atoms with Gasteiger partial charge in [-0.15, -0.1) is 0 Å². The Morgan fingerprint density at radius 2 is 2.28 bits per heavy atom. The molecule has 0 spiro atoms. The summed E-state index contributed by atoms with van der Waals surface area (Å²) < 4.78 is 4.91. The lowest BCUT2D eigenvalue weighted by Gasteiger charge is -2.07. The van der Waals surface area contributed by atoms with Crippen LogP contribution in [0, 0.1) is 21.4 Å². The molecule has 0 aliphatic heterocycles. The van der Waals surface area contributed by atoms with E-state index in [2.05, 4.69) is 0 Å². The van der Waals surface area contributed by atoms with Crippen molar-refractivity contribution in [1.29, 1.82) is 5.26 Å². The number of nitrogens with two attached hydrogens (primary N) is 2. The quantitative estimate of drug-likeness (QED) is 0.212. The van der Waals surface area contributed by atoms with Gasteiger partial charge in [0, 0.05) is 0 Å². The summed E-state index contributed by atoms with van der Waals surface area (Å²) in [5.74, 6) is 3.93. The smallest absolute Gasteiger partial charge is 0.330 e. The van der Waals surface area contributed by atoms with Crippen LogP contribution in [0.3, 0.4) is 0 Å². The number of nitro benzene ring substituents is 1. The number of benzene rings is 1. The summed E-state index contributed by atoms with van der Waals surface area (Å²) in [6.45, 7) is -0.508. The van der Waals surface area contributed by atoms with E-state index in [-0.39, 0.29) is 17.0 Å². The van der Waals surface area contributed by atoms with Gasteiger partial charge < -0.3 is 10.5 Å². The third kappa shape index (κ3) is 2.63. The topological polar surface area (TPSA) is 157 Å². The van der Waals surface area contributed by atoms with Crippen molar-refractivity contribution in [2.45, 2.75) is 0 Å². The molecule has 5 N–H and O–H groups in total. The summed E-state index contributed by atoms with van der Waals surface area (Å²) in [5, 5.41) is 19.7. The highest BCUT2D eigenvalue weighted by Gasteiger charge is 2.24. The van der Waals surface area contributed by atoms with Crippen molar-refractivity contribution < 1.29 is 14.5 Å². The molecule has 18 heavy (non-hydrogen) atoms. The van der Waals surface area contributed by atoms with Gasteiger partial charge in [0.05, 0.1) is 10.6 Å². The molecule has 94 valence electrons. The molecular formula is C9H9N5O4. The first kappa shape index (κ1) is 13.2. The summed E-state index contributed by atoms with van der Waals surface area (Å²) in [4.78, 5) is 20.9. The molecule has 0 atom stereocenters. The van der Waals surface area contributed by atoms with Crippen LogP contribution in [0.5, 0.6) is 5.75 Å². The molecule has 1 aromatic carbocycles. The Labute approximate surface area is 101 Å². The van der Waals surface area contributed by atoms with E-state index in [0.29, 0.717) is 0 Å². The van der Waals surface area contributed by atoms with E-state index >= 15 is 0 Å². The zero-order valence-electron chi connectivity index (χ0n) is 9.04. The fraction of sp³-hybridized carbons (Fsp3) is 0.111. The molecule has 0 fully saturated rings. The minimum atomic E-state index is -0.801. The number of carbonyl (C=O) groups excluding carboxylic acids is 1. The second kappa shape index (κ2) is 5.46. The number of hydrogen-bond acceptors (Lipinski definition) is 7. The van der Waals surface area contributed by atoms with Crippen molar-refractivity contribution in [3.63, 3.8) is 0 Å². The first-order chi connectivity index (χ1) is 8.51. The van der Waals surface area contributed by atoms with Crippen LogP contribution in [0.4, 0.5) is 11.4 Å². The number of nitro groups is 1. The SMILES string of the molecule is N#Cc1c(N)ccc(OCC(=O)NN)c1[N+](=O)[O-]. The number of nitriles is 1. The van der Waals surface area contributed by atoms with Crippen molar-refractivity contribution in [3.8, 4) is 11.8 Å². The van der Waals surface area contributed by atoms with E-state index in [1.807, 2.05) is 0 Å². The first-order valence-electron chi connectivity index (χ1n) is 4.60. The molecule has 0 radical (unpaired) electrons. The van der Waals surface area contributed by atoms with Crippen LogP contribution in [0.25, 0.3) is 0 Å². The summed E-state index contributed by atoms with van der Waals surface area (Å²) >= 11 is 0. The number of anilines is 1. The molecule has 0 aromatic heterocycles. The van der Waals surface area contributed by atoms with Crippen LogP contribution >= 0.6 is 0 Å². The normalized spacial score (nSPS) is 9.33. The molecule has 0 heterocycles. The van der Waals surface area contributed by atoms with Crippen molar-refractivity contribution >= 4 is 17.3 Å². The van der Waals surface area contributed by atoms with E-state index in [0.717, 1.165) is 0 Å². The van der Waals surface area contributed by atoms with Crippen LogP contribution in [0.2, 0.25) is 0 Å². The minimum Gasteiger partial charge on any atom is -0.477 e. The molecule has 1 rings (SSSR count). The van der Waals surface area contributed by atoms with Crippen molar-refractivity contribution in [2.24, 2.45) is 5.84 Å². The third-order valence-electron chi connectivity index (χ3n) is 1.99. The van der Waals surface area contributed by atoms with E-state index in [1.165, 1.54) is 12.1 Å². The van der Waals surface area contributed by atoms with E-state index < -0.39 is 23.1 Å². The van der Waals surface area contributed by atoms with Crippen LogP contribution in [-0.4, -0.2) is 17.4 Å². The summed E-state index contributed by atoms with van der Waals surface area (Å²) in [6, 6.07) is 4.10. The highest BCUT2D eigenvalue weighted by molar-refractivity contribution is 5.77. The molecule has 0 saturated carbocycles. The lowest BCUT2D eigenvalue weighted by Crippen LogP contribution is -2.34. The summed E-state index contributed by atoms with van der Waals surface area (Å²) in [6.07, 6.45) is 0. The van der Waals surface area contributed by atoms with Gasteiger partial charge >= 0.3 is 5.69 Å². The van der Waals surface area contributed by atoms with E-state index in [9.17, 15) is 14.9 Å². The Balaban J connectivity index is 3.16. The highest BCUT2D eigenvalue weighted by Crippen LogP contribution is 2.33. The molecule has 0 unspecified atom stereocenters. The molecule has 1 amide bonds. The predicted octanol–water partition coefficient (Wildman–Crippen LogP) is -0.583. The Bertz CT molecular complexity index is 536. The highest BCUT2D eigenvalue weighted by atomic mass is 16.6. The largest absolute Gasteiger partial charge is 0.477 e. The molecule has 9 nitrogen and oxygen atoms in total. The van der Waals surface area contributed by atoms with Gasteiger partial charge in [-0.3, -0.25) is 20.3 Å². The maximum Gasteiger partial charge on any atom is 0.330 e. The maximum absolute atomic E-state index is 10.9. The zero-order chi connectivity index (χ0) is 13.7. The second-order valence-electron chi connectivity index (χ2n) is 3.10.